The minimum Gasteiger partial charge on any atom is -0.491 e. The topological polar surface area (TPSA) is 90.1 Å². The summed E-state index contributed by atoms with van der Waals surface area (Å²) in [6.45, 7) is 2.16. The number of aliphatic hydroxyl groups is 1. The van der Waals surface area contributed by atoms with Gasteiger partial charge in [-0.1, -0.05) is 18.2 Å². The molecule has 0 unspecified atom stereocenters. The Morgan fingerprint density at radius 3 is 2.94 bits per heavy atom. The molecular formula is C23H24N4O4. The van der Waals surface area contributed by atoms with Gasteiger partial charge in [-0.15, -0.1) is 0 Å². The third-order valence-corrected chi connectivity index (χ3v) is 5.39. The first-order valence-electron chi connectivity index (χ1n) is 10.3. The van der Waals surface area contributed by atoms with Crippen LogP contribution in [-0.4, -0.2) is 65.1 Å². The van der Waals surface area contributed by atoms with Crippen molar-refractivity contribution < 1.29 is 19.3 Å². The zero-order valence-electron chi connectivity index (χ0n) is 17.2. The van der Waals surface area contributed by atoms with Crippen LogP contribution in [0.4, 0.5) is 0 Å². The van der Waals surface area contributed by atoms with Crippen LogP contribution in [0.2, 0.25) is 0 Å². The Morgan fingerprint density at radius 2 is 2.10 bits per heavy atom. The zero-order chi connectivity index (χ0) is 21.2. The summed E-state index contributed by atoms with van der Waals surface area (Å²) in [6, 6.07) is 13.6. The van der Waals surface area contributed by atoms with Crippen LogP contribution in [-0.2, 0) is 4.74 Å². The number of ether oxygens (including phenoxy) is 3. The number of nitrogens with zero attached hydrogens (tertiary/aromatic N) is 3. The van der Waals surface area contributed by atoms with E-state index in [4.69, 9.17) is 19.2 Å². The molecule has 0 saturated carbocycles. The number of imidazole rings is 1. The van der Waals surface area contributed by atoms with E-state index >= 15 is 0 Å². The molecule has 1 fully saturated rings. The van der Waals surface area contributed by atoms with Crippen molar-refractivity contribution in [1.82, 2.24) is 19.7 Å². The van der Waals surface area contributed by atoms with E-state index in [0.717, 1.165) is 33.7 Å². The highest BCUT2D eigenvalue weighted by atomic mass is 16.5. The first-order chi connectivity index (χ1) is 15.2. The van der Waals surface area contributed by atoms with Crippen LogP contribution in [0.1, 0.15) is 0 Å². The SMILES string of the molecule is COCCOc1ccn2c(-c3ccc4cccc(O[C@@H]5CNC[C@H]5O)c4n3)cnc2c1. The molecule has 2 atom stereocenters. The van der Waals surface area contributed by atoms with Crippen LogP contribution in [0.5, 0.6) is 11.5 Å². The second-order valence-electron chi connectivity index (χ2n) is 7.48. The van der Waals surface area contributed by atoms with Gasteiger partial charge >= 0.3 is 0 Å². The number of hydrogen-bond acceptors (Lipinski definition) is 7. The van der Waals surface area contributed by atoms with E-state index < -0.39 is 6.10 Å². The molecule has 1 aromatic carbocycles. The van der Waals surface area contributed by atoms with E-state index in [2.05, 4.69) is 10.3 Å². The molecule has 5 rings (SSSR count). The molecular weight excluding hydrogens is 396 g/mol. The van der Waals surface area contributed by atoms with E-state index in [1.807, 2.05) is 53.1 Å². The molecule has 0 bridgehead atoms. The molecule has 0 radical (unpaired) electrons. The molecule has 2 N–H and O–H groups in total. The number of hydrogen-bond donors (Lipinski definition) is 2. The largest absolute Gasteiger partial charge is 0.491 e. The lowest BCUT2D eigenvalue weighted by Gasteiger charge is -2.17. The van der Waals surface area contributed by atoms with Crippen molar-refractivity contribution in [2.75, 3.05) is 33.4 Å². The highest BCUT2D eigenvalue weighted by Crippen LogP contribution is 2.29. The van der Waals surface area contributed by atoms with Gasteiger partial charge < -0.3 is 24.6 Å². The lowest BCUT2D eigenvalue weighted by Crippen LogP contribution is -2.29. The lowest BCUT2D eigenvalue weighted by molar-refractivity contribution is 0.0747. The first-order valence-corrected chi connectivity index (χ1v) is 10.3. The van der Waals surface area contributed by atoms with Gasteiger partial charge in [-0.3, -0.25) is 4.40 Å². The minimum absolute atomic E-state index is 0.289. The van der Waals surface area contributed by atoms with Gasteiger partial charge in [-0.2, -0.15) is 0 Å². The molecule has 160 valence electrons. The van der Waals surface area contributed by atoms with E-state index in [0.29, 0.717) is 32.1 Å². The fourth-order valence-corrected chi connectivity index (χ4v) is 3.77. The highest BCUT2D eigenvalue weighted by Gasteiger charge is 2.27. The number of pyridine rings is 2. The summed E-state index contributed by atoms with van der Waals surface area (Å²) in [5.74, 6) is 1.40. The summed E-state index contributed by atoms with van der Waals surface area (Å²) >= 11 is 0. The van der Waals surface area contributed by atoms with Gasteiger partial charge in [0, 0.05) is 37.8 Å². The van der Waals surface area contributed by atoms with Crippen molar-refractivity contribution in [2.45, 2.75) is 12.2 Å². The monoisotopic (exact) mass is 420 g/mol. The smallest absolute Gasteiger partial charge is 0.146 e. The zero-order valence-corrected chi connectivity index (χ0v) is 17.2. The van der Waals surface area contributed by atoms with Crippen LogP contribution in [0, 0.1) is 0 Å². The van der Waals surface area contributed by atoms with Gasteiger partial charge in [-0.05, 0) is 18.2 Å². The molecule has 1 aliphatic rings. The van der Waals surface area contributed by atoms with Crippen molar-refractivity contribution in [1.29, 1.82) is 0 Å². The standard InChI is InChI=1S/C23H24N4O4/c1-29-9-10-30-16-7-8-27-18(12-25-22(27)11-16)17-6-5-15-3-2-4-20(23(15)26-17)31-21-14-24-13-19(21)28/h2-8,11-12,19,21,24,28H,9-10,13-14H2,1H3/t19-,21-/m1/s1. The fraction of sp³-hybridized carbons (Fsp3) is 0.304. The Balaban J connectivity index is 1.48. The predicted molar refractivity (Wildman–Crippen MR) is 117 cm³/mol. The van der Waals surface area contributed by atoms with E-state index in [-0.39, 0.29) is 6.10 Å². The van der Waals surface area contributed by atoms with Crippen LogP contribution >= 0.6 is 0 Å². The number of para-hydroxylation sites is 1. The number of nitrogens with one attached hydrogen (secondary N) is 1. The molecule has 1 aliphatic heterocycles. The third kappa shape index (κ3) is 3.93. The van der Waals surface area contributed by atoms with Gasteiger partial charge in [0.1, 0.15) is 41.5 Å². The third-order valence-electron chi connectivity index (χ3n) is 5.39. The molecule has 0 spiro atoms. The molecule has 0 amide bonds. The van der Waals surface area contributed by atoms with E-state index in [9.17, 15) is 5.11 Å². The number of β-amino-alcohol motifs (C(OH)–C–C–N with tert-alkyl or cyclic N) is 1. The van der Waals surface area contributed by atoms with E-state index in [1.165, 1.54) is 0 Å². The van der Waals surface area contributed by atoms with Crippen LogP contribution in [0.3, 0.4) is 0 Å². The Hall–Kier alpha value is -3.20. The Bertz CT molecular complexity index is 1210. The molecule has 0 aliphatic carbocycles. The maximum atomic E-state index is 10.1. The average molecular weight is 420 g/mol. The van der Waals surface area contributed by atoms with Crippen LogP contribution < -0.4 is 14.8 Å². The second kappa shape index (κ2) is 8.50. The Morgan fingerprint density at radius 1 is 1.16 bits per heavy atom. The van der Waals surface area contributed by atoms with Crippen molar-refractivity contribution in [3.05, 3.63) is 54.9 Å². The summed E-state index contributed by atoms with van der Waals surface area (Å²) in [5, 5.41) is 14.2. The number of aliphatic hydroxyl groups excluding tert-OH is 1. The number of aromatic nitrogens is 3. The fourth-order valence-electron chi connectivity index (χ4n) is 3.77. The molecule has 3 aromatic heterocycles. The Kier molecular flexibility index (Phi) is 5.42. The molecule has 31 heavy (non-hydrogen) atoms. The second-order valence-corrected chi connectivity index (χ2v) is 7.48. The summed E-state index contributed by atoms with van der Waals surface area (Å²) < 4.78 is 18.8. The Labute approximate surface area is 179 Å². The molecule has 8 heteroatoms. The number of methoxy groups -OCH3 is 1. The van der Waals surface area contributed by atoms with Crippen molar-refractivity contribution in [3.63, 3.8) is 0 Å². The molecule has 1 saturated heterocycles. The maximum absolute atomic E-state index is 10.1. The van der Waals surface area contributed by atoms with Gasteiger partial charge in [-0.25, -0.2) is 9.97 Å². The van der Waals surface area contributed by atoms with Crippen molar-refractivity contribution in [2.24, 2.45) is 0 Å². The summed E-state index contributed by atoms with van der Waals surface area (Å²) in [6.07, 6.45) is 2.91. The van der Waals surface area contributed by atoms with Crippen LogP contribution in [0.25, 0.3) is 27.9 Å². The molecule has 8 nitrogen and oxygen atoms in total. The maximum Gasteiger partial charge on any atom is 0.146 e. The average Bonchev–Trinajstić information content (AvgIpc) is 3.40. The van der Waals surface area contributed by atoms with Gasteiger partial charge in [0.2, 0.25) is 0 Å². The van der Waals surface area contributed by atoms with E-state index in [1.54, 1.807) is 13.3 Å². The number of rotatable bonds is 7. The summed E-state index contributed by atoms with van der Waals surface area (Å²) in [4.78, 5) is 9.40. The highest BCUT2D eigenvalue weighted by molar-refractivity contribution is 5.86. The van der Waals surface area contributed by atoms with Gasteiger partial charge in [0.05, 0.1) is 24.2 Å². The minimum atomic E-state index is -0.530. The normalized spacial score (nSPS) is 18.6. The molecule has 4 aromatic rings. The summed E-state index contributed by atoms with van der Waals surface area (Å²) in [5.41, 5.74) is 3.19. The van der Waals surface area contributed by atoms with Gasteiger partial charge in [0.25, 0.3) is 0 Å². The summed E-state index contributed by atoms with van der Waals surface area (Å²) in [7, 11) is 1.65. The first kappa shape index (κ1) is 19.7. The number of benzene rings is 1. The van der Waals surface area contributed by atoms with Crippen molar-refractivity contribution in [3.8, 4) is 22.9 Å². The quantitative estimate of drug-likeness (QED) is 0.443. The van der Waals surface area contributed by atoms with Gasteiger partial charge in [0.15, 0.2) is 0 Å². The lowest BCUT2D eigenvalue weighted by atomic mass is 10.1. The van der Waals surface area contributed by atoms with Crippen LogP contribution in [0.15, 0.2) is 54.9 Å². The molecule has 4 heterocycles. The predicted octanol–water partition coefficient (Wildman–Crippen LogP) is 2.29. The number of fused-ring (bicyclic) bond motifs is 2. The van der Waals surface area contributed by atoms with Crippen molar-refractivity contribution >= 4 is 16.6 Å².